The molecule has 3 nitrogen and oxygen atoms in total. The lowest BCUT2D eigenvalue weighted by Gasteiger charge is -2.15. The molecule has 0 radical (unpaired) electrons. The van der Waals surface area contributed by atoms with Crippen molar-refractivity contribution in [1.29, 1.82) is 0 Å². The van der Waals surface area contributed by atoms with Gasteiger partial charge in [-0.3, -0.25) is 4.79 Å². The van der Waals surface area contributed by atoms with E-state index in [0.29, 0.717) is 5.56 Å². The highest BCUT2D eigenvalue weighted by Gasteiger charge is 2.13. The Labute approximate surface area is 131 Å². The smallest absolute Gasteiger partial charge is 0.251 e. The van der Waals surface area contributed by atoms with E-state index in [-0.39, 0.29) is 16.4 Å². The number of methoxy groups -OCH3 is 1. The molecule has 0 aliphatic heterocycles. The van der Waals surface area contributed by atoms with E-state index in [4.69, 9.17) is 4.74 Å². The minimum Gasteiger partial charge on any atom is -0.497 e. The molecule has 0 aliphatic rings. The van der Waals surface area contributed by atoms with E-state index in [2.05, 4.69) is 21.2 Å². The van der Waals surface area contributed by atoms with E-state index < -0.39 is 5.82 Å². The number of hydrogen-bond donors (Lipinski definition) is 1. The summed E-state index contributed by atoms with van der Waals surface area (Å²) in [6.07, 6.45) is 0. The zero-order valence-corrected chi connectivity index (χ0v) is 13.3. The summed E-state index contributed by atoms with van der Waals surface area (Å²) in [6, 6.07) is 11.5. The van der Waals surface area contributed by atoms with Crippen molar-refractivity contribution < 1.29 is 13.9 Å². The van der Waals surface area contributed by atoms with Crippen LogP contribution in [0.3, 0.4) is 0 Å². The Morgan fingerprint density at radius 1 is 1.24 bits per heavy atom. The van der Waals surface area contributed by atoms with Crippen LogP contribution in [0, 0.1) is 5.82 Å². The Balaban J connectivity index is 2.08. The summed E-state index contributed by atoms with van der Waals surface area (Å²) >= 11 is 3.07. The van der Waals surface area contributed by atoms with E-state index in [9.17, 15) is 9.18 Å². The van der Waals surface area contributed by atoms with E-state index in [1.807, 2.05) is 31.2 Å². The van der Waals surface area contributed by atoms with Crippen molar-refractivity contribution in [2.75, 3.05) is 7.11 Å². The molecular weight excluding hydrogens is 337 g/mol. The van der Waals surface area contributed by atoms with Crippen molar-refractivity contribution in [2.45, 2.75) is 13.0 Å². The molecule has 0 saturated carbocycles. The van der Waals surface area contributed by atoms with Gasteiger partial charge in [-0.25, -0.2) is 4.39 Å². The van der Waals surface area contributed by atoms with Gasteiger partial charge in [0.1, 0.15) is 11.6 Å². The summed E-state index contributed by atoms with van der Waals surface area (Å²) < 4.78 is 18.5. The van der Waals surface area contributed by atoms with Crippen molar-refractivity contribution in [3.63, 3.8) is 0 Å². The first-order valence-corrected chi connectivity index (χ1v) is 7.20. The molecule has 2 aromatic rings. The third kappa shape index (κ3) is 3.82. The SMILES string of the molecule is COc1ccc(C(C)NC(=O)c2ccc(F)c(Br)c2)cc1. The van der Waals surface area contributed by atoms with Crippen LogP contribution in [0.15, 0.2) is 46.9 Å². The quantitative estimate of drug-likeness (QED) is 0.900. The Kier molecular flexibility index (Phi) is 4.96. The molecule has 1 unspecified atom stereocenters. The van der Waals surface area contributed by atoms with Gasteiger partial charge in [-0.2, -0.15) is 0 Å². The number of amides is 1. The summed E-state index contributed by atoms with van der Waals surface area (Å²) in [5.41, 5.74) is 1.37. The van der Waals surface area contributed by atoms with Crippen molar-refractivity contribution in [2.24, 2.45) is 0 Å². The van der Waals surface area contributed by atoms with Gasteiger partial charge in [0.25, 0.3) is 5.91 Å². The van der Waals surface area contributed by atoms with Crippen molar-refractivity contribution >= 4 is 21.8 Å². The van der Waals surface area contributed by atoms with Crippen LogP contribution in [0.1, 0.15) is 28.9 Å². The normalized spacial score (nSPS) is 11.8. The third-order valence-electron chi connectivity index (χ3n) is 3.15. The molecule has 5 heteroatoms. The number of carbonyl (C=O) groups is 1. The monoisotopic (exact) mass is 351 g/mol. The number of carbonyl (C=O) groups excluding carboxylic acids is 1. The van der Waals surface area contributed by atoms with Crippen LogP contribution in [0.25, 0.3) is 0 Å². The number of rotatable bonds is 4. The van der Waals surface area contributed by atoms with Crippen LogP contribution < -0.4 is 10.1 Å². The predicted octanol–water partition coefficient (Wildman–Crippen LogP) is 4.09. The largest absolute Gasteiger partial charge is 0.497 e. The lowest BCUT2D eigenvalue weighted by molar-refractivity contribution is 0.0940. The zero-order valence-electron chi connectivity index (χ0n) is 11.7. The van der Waals surface area contributed by atoms with Crippen LogP contribution in [-0.4, -0.2) is 13.0 Å². The second kappa shape index (κ2) is 6.72. The van der Waals surface area contributed by atoms with Crippen LogP contribution in [0.4, 0.5) is 4.39 Å². The Morgan fingerprint density at radius 3 is 2.48 bits per heavy atom. The van der Waals surface area contributed by atoms with Gasteiger partial charge in [0, 0.05) is 5.56 Å². The molecule has 0 spiro atoms. The van der Waals surface area contributed by atoms with Gasteiger partial charge < -0.3 is 10.1 Å². The van der Waals surface area contributed by atoms with Crippen molar-refractivity contribution in [3.8, 4) is 5.75 Å². The Hall–Kier alpha value is -1.88. The van der Waals surface area contributed by atoms with Crippen molar-refractivity contribution in [3.05, 3.63) is 63.9 Å². The van der Waals surface area contributed by atoms with Crippen LogP contribution in [-0.2, 0) is 0 Å². The van der Waals surface area contributed by atoms with Crippen LogP contribution >= 0.6 is 15.9 Å². The predicted molar refractivity (Wildman–Crippen MR) is 83.0 cm³/mol. The van der Waals surface area contributed by atoms with Gasteiger partial charge in [0.15, 0.2) is 0 Å². The first kappa shape index (κ1) is 15.5. The van der Waals surface area contributed by atoms with Gasteiger partial charge in [0.2, 0.25) is 0 Å². The maximum atomic E-state index is 13.2. The van der Waals surface area contributed by atoms with E-state index in [0.717, 1.165) is 11.3 Å². The molecule has 0 heterocycles. The highest BCUT2D eigenvalue weighted by molar-refractivity contribution is 9.10. The van der Waals surface area contributed by atoms with Gasteiger partial charge >= 0.3 is 0 Å². The Bertz CT molecular complexity index is 643. The van der Waals surface area contributed by atoms with Crippen LogP contribution in [0.2, 0.25) is 0 Å². The highest BCUT2D eigenvalue weighted by Crippen LogP contribution is 2.19. The summed E-state index contributed by atoms with van der Waals surface area (Å²) in [5, 5.41) is 2.87. The molecule has 0 aromatic heterocycles. The molecule has 0 saturated heterocycles. The van der Waals surface area contributed by atoms with E-state index in [1.165, 1.54) is 18.2 Å². The average molecular weight is 352 g/mol. The number of hydrogen-bond acceptors (Lipinski definition) is 2. The molecule has 1 N–H and O–H groups in total. The molecule has 110 valence electrons. The minimum atomic E-state index is -0.394. The fourth-order valence-corrected chi connectivity index (χ4v) is 2.27. The first-order valence-electron chi connectivity index (χ1n) is 6.41. The van der Waals surface area contributed by atoms with Crippen molar-refractivity contribution in [1.82, 2.24) is 5.32 Å². The fourth-order valence-electron chi connectivity index (χ4n) is 1.89. The lowest BCUT2D eigenvalue weighted by Crippen LogP contribution is -2.26. The summed E-state index contributed by atoms with van der Waals surface area (Å²) in [4.78, 5) is 12.1. The molecule has 21 heavy (non-hydrogen) atoms. The summed E-state index contributed by atoms with van der Waals surface area (Å²) in [6.45, 7) is 1.89. The second-order valence-electron chi connectivity index (χ2n) is 4.60. The molecular formula is C16H15BrFNO2. The first-order chi connectivity index (χ1) is 10.0. The topological polar surface area (TPSA) is 38.3 Å². The van der Waals surface area contributed by atoms with Gasteiger partial charge in [-0.15, -0.1) is 0 Å². The van der Waals surface area contributed by atoms with E-state index in [1.54, 1.807) is 7.11 Å². The third-order valence-corrected chi connectivity index (χ3v) is 3.75. The van der Waals surface area contributed by atoms with Gasteiger partial charge in [0.05, 0.1) is 17.6 Å². The van der Waals surface area contributed by atoms with E-state index >= 15 is 0 Å². The maximum absolute atomic E-state index is 13.2. The fraction of sp³-hybridized carbons (Fsp3) is 0.188. The Morgan fingerprint density at radius 2 is 1.90 bits per heavy atom. The highest BCUT2D eigenvalue weighted by atomic mass is 79.9. The molecule has 2 rings (SSSR count). The number of ether oxygens (including phenoxy) is 1. The zero-order chi connectivity index (χ0) is 15.4. The number of nitrogens with one attached hydrogen (secondary N) is 1. The summed E-state index contributed by atoms with van der Waals surface area (Å²) in [5.74, 6) is 0.119. The average Bonchev–Trinajstić information content (AvgIpc) is 2.50. The molecule has 2 aromatic carbocycles. The molecule has 0 fully saturated rings. The molecule has 0 bridgehead atoms. The maximum Gasteiger partial charge on any atom is 0.251 e. The van der Waals surface area contributed by atoms with Crippen LogP contribution in [0.5, 0.6) is 5.75 Å². The number of halogens is 2. The summed E-state index contributed by atoms with van der Waals surface area (Å²) in [7, 11) is 1.60. The van der Waals surface area contributed by atoms with Gasteiger partial charge in [-0.1, -0.05) is 12.1 Å². The molecule has 1 atom stereocenters. The standard InChI is InChI=1S/C16H15BrFNO2/c1-10(11-3-6-13(21-2)7-4-11)19-16(20)12-5-8-15(18)14(17)9-12/h3-10H,1-2H3,(H,19,20). The molecule has 1 amide bonds. The molecule has 0 aliphatic carbocycles. The second-order valence-corrected chi connectivity index (χ2v) is 5.45. The number of benzene rings is 2. The lowest BCUT2D eigenvalue weighted by atomic mass is 10.1. The van der Waals surface area contributed by atoms with Gasteiger partial charge in [-0.05, 0) is 58.7 Å². The minimum absolute atomic E-state index is 0.160.